The van der Waals surface area contributed by atoms with Crippen molar-refractivity contribution in [2.75, 3.05) is 20.8 Å². The highest BCUT2D eigenvalue weighted by atomic mass is 79.9. The smallest absolute Gasteiger partial charge is 0.338 e. The molecule has 10 heteroatoms. The molecule has 0 amide bonds. The maximum absolute atomic E-state index is 14.1. The summed E-state index contributed by atoms with van der Waals surface area (Å²) in [4.78, 5) is 32.9. The van der Waals surface area contributed by atoms with Gasteiger partial charge in [0.25, 0.3) is 5.56 Å². The molecular formula is C31H30BrN3O5S. The van der Waals surface area contributed by atoms with Crippen LogP contribution in [0.25, 0.3) is 11.8 Å². The molecule has 1 atom stereocenters. The van der Waals surface area contributed by atoms with E-state index in [1.165, 1.54) is 11.3 Å². The van der Waals surface area contributed by atoms with Gasteiger partial charge in [-0.05, 0) is 73.5 Å². The summed E-state index contributed by atoms with van der Waals surface area (Å²) >= 11 is 4.77. The summed E-state index contributed by atoms with van der Waals surface area (Å²) < 4.78 is 21.8. The summed E-state index contributed by atoms with van der Waals surface area (Å²) in [5, 5.41) is 0. The molecule has 2 aromatic carbocycles. The van der Waals surface area contributed by atoms with Gasteiger partial charge >= 0.3 is 5.97 Å². The van der Waals surface area contributed by atoms with Crippen LogP contribution in [0.3, 0.4) is 0 Å². The number of thiazole rings is 1. The minimum absolute atomic E-state index is 0.198. The molecule has 3 heterocycles. The van der Waals surface area contributed by atoms with E-state index in [1.54, 1.807) is 43.9 Å². The number of esters is 1. The lowest BCUT2D eigenvalue weighted by molar-refractivity contribution is -0.139. The van der Waals surface area contributed by atoms with Gasteiger partial charge in [-0.15, -0.1) is 0 Å². The molecule has 8 nitrogen and oxygen atoms in total. The summed E-state index contributed by atoms with van der Waals surface area (Å²) in [6.07, 6.45) is 7.09. The first-order valence-corrected chi connectivity index (χ1v) is 14.9. The topological polar surface area (TPSA) is 84.0 Å². The fourth-order valence-electron chi connectivity index (χ4n) is 4.89. The number of hydrogen-bond acceptors (Lipinski definition) is 7. The number of halogens is 1. The van der Waals surface area contributed by atoms with Crippen molar-refractivity contribution < 1.29 is 19.0 Å². The maximum atomic E-state index is 14.1. The molecule has 0 aliphatic carbocycles. The molecule has 0 radical (unpaired) electrons. The van der Waals surface area contributed by atoms with Crippen molar-refractivity contribution in [2.45, 2.75) is 32.7 Å². The Morgan fingerprint density at radius 3 is 2.56 bits per heavy atom. The highest BCUT2D eigenvalue weighted by Crippen LogP contribution is 2.38. The molecule has 0 unspecified atom stereocenters. The number of ether oxygens (including phenoxy) is 3. The summed E-state index contributed by atoms with van der Waals surface area (Å²) in [7, 11) is 3.13. The molecule has 41 heavy (non-hydrogen) atoms. The Balaban J connectivity index is 1.72. The van der Waals surface area contributed by atoms with Crippen LogP contribution < -0.4 is 24.4 Å². The molecule has 0 N–H and O–H groups in total. The Morgan fingerprint density at radius 2 is 1.88 bits per heavy atom. The van der Waals surface area contributed by atoms with E-state index in [4.69, 9.17) is 19.2 Å². The number of nitrogens with zero attached hydrogens (tertiary/aromatic N) is 3. The molecule has 212 valence electrons. The van der Waals surface area contributed by atoms with Crippen molar-refractivity contribution >= 4 is 39.3 Å². The van der Waals surface area contributed by atoms with Gasteiger partial charge in [0.15, 0.2) is 4.80 Å². The number of fused-ring (bicyclic) bond motifs is 1. The molecule has 0 saturated carbocycles. The van der Waals surface area contributed by atoms with Crippen LogP contribution >= 0.6 is 27.3 Å². The number of rotatable bonds is 9. The monoisotopic (exact) mass is 635 g/mol. The largest absolute Gasteiger partial charge is 0.497 e. The van der Waals surface area contributed by atoms with Crippen molar-refractivity contribution in [3.63, 3.8) is 0 Å². The van der Waals surface area contributed by atoms with Crippen molar-refractivity contribution in [1.29, 1.82) is 0 Å². The van der Waals surface area contributed by atoms with Crippen LogP contribution in [0.1, 0.15) is 43.9 Å². The molecule has 0 fully saturated rings. The number of aromatic nitrogens is 2. The predicted octanol–water partition coefficient (Wildman–Crippen LogP) is 5.15. The lowest BCUT2D eigenvalue weighted by Gasteiger charge is -2.27. The van der Waals surface area contributed by atoms with Crippen molar-refractivity contribution in [1.82, 2.24) is 9.13 Å². The van der Waals surface area contributed by atoms with E-state index < -0.39 is 12.0 Å². The first-order valence-electron chi connectivity index (χ1n) is 13.3. The molecule has 1 aliphatic rings. The molecule has 5 rings (SSSR count). The lowest BCUT2D eigenvalue weighted by Crippen LogP contribution is -2.40. The van der Waals surface area contributed by atoms with Gasteiger partial charge in [-0.25, -0.2) is 9.79 Å². The number of carbonyl (C=O) groups excluding carboxylic acids is 1. The third kappa shape index (κ3) is 5.67. The van der Waals surface area contributed by atoms with Crippen LogP contribution in [-0.2, 0) is 9.53 Å². The Bertz CT molecular complexity index is 1800. The zero-order valence-corrected chi connectivity index (χ0v) is 25.6. The van der Waals surface area contributed by atoms with Gasteiger partial charge in [0.1, 0.15) is 17.5 Å². The Labute approximate surface area is 250 Å². The number of hydrogen-bond donors (Lipinski definition) is 0. The van der Waals surface area contributed by atoms with Crippen LogP contribution in [0.15, 0.2) is 86.5 Å². The second kappa shape index (κ2) is 12.3. The molecular weight excluding hydrogens is 606 g/mol. The van der Waals surface area contributed by atoms with Crippen LogP contribution in [0.4, 0.5) is 0 Å². The number of methoxy groups -OCH3 is 2. The predicted molar refractivity (Wildman–Crippen MR) is 163 cm³/mol. The second-order valence-electron chi connectivity index (χ2n) is 9.35. The normalized spacial score (nSPS) is 15.0. The zero-order chi connectivity index (χ0) is 29.1. The van der Waals surface area contributed by atoms with Crippen LogP contribution in [-0.4, -0.2) is 35.9 Å². The SMILES string of the molecule is CCCC1=C(C(=O)OCC)[C@@H](c2cc(OC)ccc2OC)n2c(s/c(=C\c3ccn(-c4ccc(Br)cc4)c3)c2=O)=N1. The molecule has 2 aromatic heterocycles. The van der Waals surface area contributed by atoms with E-state index >= 15 is 0 Å². The van der Waals surface area contributed by atoms with Gasteiger partial charge in [0.2, 0.25) is 0 Å². The summed E-state index contributed by atoms with van der Waals surface area (Å²) in [6.45, 7) is 3.98. The van der Waals surface area contributed by atoms with Gasteiger partial charge in [-0.3, -0.25) is 9.36 Å². The van der Waals surface area contributed by atoms with Gasteiger partial charge in [-0.1, -0.05) is 40.6 Å². The summed E-state index contributed by atoms with van der Waals surface area (Å²) in [5.74, 6) is 0.599. The first kappa shape index (κ1) is 28.6. The maximum Gasteiger partial charge on any atom is 0.338 e. The van der Waals surface area contributed by atoms with Crippen molar-refractivity contribution in [2.24, 2.45) is 4.99 Å². The number of allylic oxidation sites excluding steroid dienone is 1. The minimum Gasteiger partial charge on any atom is -0.497 e. The molecule has 0 bridgehead atoms. The summed E-state index contributed by atoms with van der Waals surface area (Å²) in [5.41, 5.74) is 3.18. The van der Waals surface area contributed by atoms with Crippen LogP contribution in [0, 0.1) is 0 Å². The zero-order valence-electron chi connectivity index (χ0n) is 23.2. The highest BCUT2D eigenvalue weighted by Gasteiger charge is 2.36. The van der Waals surface area contributed by atoms with E-state index in [9.17, 15) is 9.59 Å². The molecule has 1 aliphatic heterocycles. The summed E-state index contributed by atoms with van der Waals surface area (Å²) in [6, 6.07) is 14.5. The first-order chi connectivity index (χ1) is 19.9. The fourth-order valence-corrected chi connectivity index (χ4v) is 6.18. The van der Waals surface area contributed by atoms with Gasteiger partial charge < -0.3 is 18.8 Å². The van der Waals surface area contributed by atoms with E-state index in [2.05, 4.69) is 15.9 Å². The van der Waals surface area contributed by atoms with E-state index in [1.807, 2.05) is 60.3 Å². The second-order valence-corrected chi connectivity index (χ2v) is 11.3. The van der Waals surface area contributed by atoms with Gasteiger partial charge in [-0.2, -0.15) is 0 Å². The van der Waals surface area contributed by atoms with E-state index in [0.29, 0.717) is 44.1 Å². The Kier molecular flexibility index (Phi) is 8.60. The van der Waals surface area contributed by atoms with Crippen molar-refractivity contribution in [3.05, 3.63) is 107 Å². The van der Waals surface area contributed by atoms with Crippen LogP contribution in [0.5, 0.6) is 11.5 Å². The highest BCUT2D eigenvalue weighted by molar-refractivity contribution is 9.10. The average molecular weight is 637 g/mol. The quantitative estimate of drug-likeness (QED) is 0.238. The average Bonchev–Trinajstić information content (AvgIpc) is 3.56. The van der Waals surface area contributed by atoms with Crippen LogP contribution in [0.2, 0.25) is 0 Å². The lowest BCUT2D eigenvalue weighted by atomic mass is 9.93. The Hall–Kier alpha value is -3.89. The number of carbonyl (C=O) groups is 1. The van der Waals surface area contributed by atoms with Gasteiger partial charge in [0, 0.05) is 28.1 Å². The Morgan fingerprint density at radius 1 is 1.10 bits per heavy atom. The van der Waals surface area contributed by atoms with E-state index in [0.717, 1.165) is 22.1 Å². The third-order valence-electron chi connectivity index (χ3n) is 6.76. The number of benzene rings is 2. The molecule has 0 spiro atoms. The minimum atomic E-state index is -0.800. The third-order valence-corrected chi connectivity index (χ3v) is 8.27. The fraction of sp³-hybridized carbons (Fsp3) is 0.258. The molecule has 0 saturated heterocycles. The standard InChI is InChI=1S/C31H30BrN3O5S/c1-5-7-24-27(30(37)40-6-2)28(23-17-22(38-3)12-13-25(23)39-4)35-29(36)26(41-31(35)33-24)16-19-14-15-34(18-19)21-10-8-20(32)9-11-21/h8-18,28H,5-7H2,1-4H3/b26-16-/t28-/m1/s1. The van der Waals surface area contributed by atoms with E-state index in [-0.39, 0.29) is 12.2 Å². The van der Waals surface area contributed by atoms with Crippen molar-refractivity contribution in [3.8, 4) is 17.2 Å². The van der Waals surface area contributed by atoms with Gasteiger partial charge in [0.05, 0.1) is 36.6 Å². The molecule has 4 aromatic rings.